The highest BCUT2D eigenvalue weighted by molar-refractivity contribution is 7.99. The summed E-state index contributed by atoms with van der Waals surface area (Å²) in [5, 5.41) is 4.32. The van der Waals surface area contributed by atoms with Crippen LogP contribution in [0, 0.1) is 0 Å². The maximum absolute atomic E-state index is 12.3. The average Bonchev–Trinajstić information content (AvgIpc) is 2.47. The van der Waals surface area contributed by atoms with E-state index in [9.17, 15) is 4.79 Å². The fraction of sp³-hybridized carbons (Fsp3) is 0.562. The van der Waals surface area contributed by atoms with E-state index < -0.39 is 0 Å². The highest BCUT2D eigenvalue weighted by atomic mass is 32.2. The number of amides is 1. The van der Waals surface area contributed by atoms with E-state index in [1.54, 1.807) is 25.1 Å². The number of carbonyl (C=O) groups is 1. The third-order valence-corrected chi connectivity index (χ3v) is 5.19. The van der Waals surface area contributed by atoms with Crippen molar-refractivity contribution in [3.05, 3.63) is 23.8 Å². The Balaban J connectivity index is 2.12. The van der Waals surface area contributed by atoms with Crippen LogP contribution in [0.2, 0.25) is 0 Å². The lowest BCUT2D eigenvalue weighted by Gasteiger charge is -2.29. The second kappa shape index (κ2) is 7.07. The van der Waals surface area contributed by atoms with Crippen molar-refractivity contribution < 1.29 is 4.79 Å². The minimum absolute atomic E-state index is 0.00954. The number of thioether (sulfide) groups is 1. The Morgan fingerprint density at radius 3 is 2.52 bits per heavy atom. The first-order valence-corrected chi connectivity index (χ1v) is 8.70. The summed E-state index contributed by atoms with van der Waals surface area (Å²) in [5.74, 6) is 0.00954. The number of carbonyl (C=O) groups excluding carboxylic acids is 1. The molecule has 0 aliphatic heterocycles. The summed E-state index contributed by atoms with van der Waals surface area (Å²) in [6.45, 7) is 0. The van der Waals surface area contributed by atoms with Crippen LogP contribution in [0.5, 0.6) is 0 Å². The van der Waals surface area contributed by atoms with Gasteiger partial charge < -0.3 is 16.0 Å². The smallest absolute Gasteiger partial charge is 0.255 e. The van der Waals surface area contributed by atoms with Crippen LogP contribution >= 0.6 is 11.8 Å². The molecule has 0 saturated heterocycles. The Kier molecular flexibility index (Phi) is 5.39. The summed E-state index contributed by atoms with van der Waals surface area (Å²) in [7, 11) is 3.54. The van der Waals surface area contributed by atoms with Gasteiger partial charge in [-0.15, -0.1) is 0 Å². The first kappa shape index (κ1) is 16.0. The van der Waals surface area contributed by atoms with Gasteiger partial charge in [-0.3, -0.25) is 4.79 Å². The first-order chi connectivity index (χ1) is 10.0. The highest BCUT2D eigenvalue weighted by Gasteiger charge is 2.22. The van der Waals surface area contributed by atoms with Crippen molar-refractivity contribution >= 4 is 29.0 Å². The molecule has 1 aromatic carbocycles. The number of benzene rings is 1. The summed E-state index contributed by atoms with van der Waals surface area (Å²) >= 11 is 1.96. The summed E-state index contributed by atoms with van der Waals surface area (Å²) < 4.78 is 0. The van der Waals surface area contributed by atoms with Crippen molar-refractivity contribution in [3.63, 3.8) is 0 Å². The fourth-order valence-electron chi connectivity index (χ4n) is 2.77. The van der Waals surface area contributed by atoms with E-state index in [-0.39, 0.29) is 5.91 Å². The van der Waals surface area contributed by atoms with E-state index in [2.05, 4.69) is 11.6 Å². The quantitative estimate of drug-likeness (QED) is 0.839. The number of hydrogen-bond acceptors (Lipinski definition) is 4. The van der Waals surface area contributed by atoms with Gasteiger partial charge in [-0.25, -0.2) is 0 Å². The van der Waals surface area contributed by atoms with Gasteiger partial charge >= 0.3 is 0 Å². The monoisotopic (exact) mass is 307 g/mol. The van der Waals surface area contributed by atoms with Crippen LogP contribution in [0.3, 0.4) is 0 Å². The Morgan fingerprint density at radius 1 is 1.29 bits per heavy atom. The molecule has 0 bridgehead atoms. The highest BCUT2D eigenvalue weighted by Crippen LogP contribution is 2.30. The summed E-state index contributed by atoms with van der Waals surface area (Å²) in [6, 6.07) is 5.90. The zero-order valence-corrected chi connectivity index (χ0v) is 13.9. The van der Waals surface area contributed by atoms with Crippen LogP contribution in [0.4, 0.5) is 11.4 Å². The van der Waals surface area contributed by atoms with Crippen LogP contribution in [0.15, 0.2) is 18.2 Å². The molecule has 1 amide bonds. The lowest BCUT2D eigenvalue weighted by atomic mass is 9.94. The van der Waals surface area contributed by atoms with E-state index in [1.807, 2.05) is 23.9 Å². The number of nitrogens with zero attached hydrogens (tertiary/aromatic N) is 1. The van der Waals surface area contributed by atoms with E-state index in [4.69, 9.17) is 5.73 Å². The molecule has 0 aromatic heterocycles. The molecule has 5 heteroatoms. The molecule has 0 radical (unpaired) electrons. The second-order valence-electron chi connectivity index (χ2n) is 5.86. The Hall–Kier alpha value is -1.36. The molecule has 0 atom stereocenters. The number of hydrogen-bond donors (Lipinski definition) is 2. The summed E-state index contributed by atoms with van der Waals surface area (Å²) in [4.78, 5) is 13.9. The molecule has 1 saturated carbocycles. The zero-order valence-electron chi connectivity index (χ0n) is 13.1. The Labute approximate surface area is 131 Å². The van der Waals surface area contributed by atoms with Gasteiger partial charge in [0.2, 0.25) is 0 Å². The maximum atomic E-state index is 12.3. The summed E-state index contributed by atoms with van der Waals surface area (Å²) in [5.41, 5.74) is 8.13. The van der Waals surface area contributed by atoms with E-state index in [0.29, 0.717) is 17.3 Å². The molecule has 0 unspecified atom stereocenters. The van der Waals surface area contributed by atoms with Crippen LogP contribution in [0.25, 0.3) is 0 Å². The number of nitrogens with one attached hydrogen (secondary N) is 1. The predicted octanol–water partition coefficient (Wildman–Crippen LogP) is 3.06. The van der Waals surface area contributed by atoms with Crippen molar-refractivity contribution in [1.29, 1.82) is 0 Å². The van der Waals surface area contributed by atoms with E-state index in [0.717, 1.165) is 23.8 Å². The molecule has 0 spiro atoms. The molecule has 1 aromatic rings. The molecule has 4 nitrogen and oxygen atoms in total. The van der Waals surface area contributed by atoms with Crippen molar-refractivity contribution in [3.8, 4) is 0 Å². The molecule has 1 fully saturated rings. The van der Waals surface area contributed by atoms with Gasteiger partial charge in [-0.2, -0.15) is 11.8 Å². The lowest BCUT2D eigenvalue weighted by molar-refractivity contribution is 0.0828. The lowest BCUT2D eigenvalue weighted by Crippen LogP contribution is -2.29. The normalized spacial score (nSPS) is 21.9. The number of nitrogen functional groups attached to an aromatic ring is 1. The van der Waals surface area contributed by atoms with Crippen molar-refractivity contribution in [2.45, 2.75) is 37.0 Å². The standard InChI is InChI=1S/C16H25N3OS/c1-19(2)16(20)14-9-4-11(17)10-15(14)18-12-5-7-13(21-3)8-6-12/h4,9-10,12-13,18H,5-8,17H2,1-3H3. The predicted molar refractivity (Wildman–Crippen MR) is 92.1 cm³/mol. The molecular formula is C16H25N3OS. The van der Waals surface area contributed by atoms with Crippen LogP contribution in [-0.2, 0) is 0 Å². The summed E-state index contributed by atoms with van der Waals surface area (Å²) in [6.07, 6.45) is 6.95. The molecule has 1 aliphatic carbocycles. The zero-order chi connectivity index (χ0) is 15.4. The third-order valence-electron chi connectivity index (χ3n) is 4.05. The number of nitrogens with two attached hydrogens (primary N) is 1. The van der Waals surface area contributed by atoms with Crippen LogP contribution in [-0.4, -0.2) is 42.4 Å². The molecule has 2 rings (SSSR count). The fourth-order valence-corrected chi connectivity index (χ4v) is 3.52. The van der Waals surface area contributed by atoms with Crippen molar-refractivity contribution in [2.75, 3.05) is 31.4 Å². The Morgan fingerprint density at radius 2 is 1.95 bits per heavy atom. The first-order valence-electron chi connectivity index (χ1n) is 7.41. The van der Waals surface area contributed by atoms with Gasteiger partial charge in [0, 0.05) is 36.8 Å². The largest absolute Gasteiger partial charge is 0.399 e. The molecule has 21 heavy (non-hydrogen) atoms. The second-order valence-corrected chi connectivity index (χ2v) is 7.00. The number of rotatable bonds is 4. The maximum Gasteiger partial charge on any atom is 0.255 e. The van der Waals surface area contributed by atoms with Gasteiger partial charge in [-0.05, 0) is 50.1 Å². The van der Waals surface area contributed by atoms with Crippen molar-refractivity contribution in [1.82, 2.24) is 4.90 Å². The van der Waals surface area contributed by atoms with Crippen molar-refractivity contribution in [2.24, 2.45) is 0 Å². The minimum atomic E-state index is 0.00954. The van der Waals surface area contributed by atoms with Crippen LogP contribution < -0.4 is 11.1 Å². The molecule has 3 N–H and O–H groups in total. The third kappa shape index (κ3) is 4.06. The average molecular weight is 307 g/mol. The van der Waals surface area contributed by atoms with E-state index in [1.165, 1.54) is 12.8 Å². The molecule has 0 heterocycles. The number of anilines is 2. The van der Waals surface area contributed by atoms with Crippen LogP contribution in [0.1, 0.15) is 36.0 Å². The molecule has 116 valence electrons. The van der Waals surface area contributed by atoms with Gasteiger partial charge in [0.15, 0.2) is 0 Å². The van der Waals surface area contributed by atoms with Gasteiger partial charge in [0.05, 0.1) is 5.56 Å². The Bertz CT molecular complexity index is 496. The minimum Gasteiger partial charge on any atom is -0.399 e. The van der Waals surface area contributed by atoms with Gasteiger partial charge in [0.25, 0.3) is 5.91 Å². The molecular weight excluding hydrogens is 282 g/mol. The topological polar surface area (TPSA) is 58.4 Å². The SMILES string of the molecule is CSC1CCC(Nc2cc(N)ccc2C(=O)N(C)C)CC1. The van der Waals surface area contributed by atoms with Gasteiger partial charge in [-0.1, -0.05) is 0 Å². The van der Waals surface area contributed by atoms with Gasteiger partial charge in [0.1, 0.15) is 0 Å². The molecule has 1 aliphatic rings. The van der Waals surface area contributed by atoms with E-state index >= 15 is 0 Å².